The number of benzene rings is 1. The molecule has 1 aliphatic rings. The van der Waals surface area contributed by atoms with Gasteiger partial charge in [-0.3, -0.25) is 0 Å². The van der Waals surface area contributed by atoms with Gasteiger partial charge >= 0.3 is 0 Å². The molecule has 1 heterocycles. The summed E-state index contributed by atoms with van der Waals surface area (Å²) < 4.78 is 10.8. The van der Waals surface area contributed by atoms with Crippen molar-refractivity contribution in [2.75, 3.05) is 26.8 Å². The molecule has 0 atom stereocenters. The number of guanidine groups is 1. The van der Waals surface area contributed by atoms with Crippen LogP contribution in [0.25, 0.3) is 0 Å². The van der Waals surface area contributed by atoms with Gasteiger partial charge in [0.2, 0.25) is 0 Å². The molecule has 0 spiro atoms. The van der Waals surface area contributed by atoms with Crippen LogP contribution in [0.2, 0.25) is 0 Å². The number of ether oxygens (including phenoxy) is 2. The second-order valence-electron chi connectivity index (χ2n) is 5.55. The van der Waals surface area contributed by atoms with E-state index < -0.39 is 0 Å². The van der Waals surface area contributed by atoms with Crippen molar-refractivity contribution >= 4 is 29.9 Å². The number of likely N-dealkylation sites (tertiary alicyclic amines) is 1. The Morgan fingerprint density at radius 2 is 1.96 bits per heavy atom. The summed E-state index contributed by atoms with van der Waals surface area (Å²) in [5.41, 5.74) is 7.14. The van der Waals surface area contributed by atoms with Gasteiger partial charge in [-0.15, -0.1) is 30.4 Å². The monoisotopic (exact) mass is 443 g/mol. The summed E-state index contributed by atoms with van der Waals surface area (Å²) in [6, 6.07) is 5.72. The Labute approximate surface area is 161 Å². The van der Waals surface area contributed by atoms with E-state index in [4.69, 9.17) is 21.6 Å². The molecule has 0 unspecified atom stereocenters. The Balaban J connectivity index is 0.00000288. The van der Waals surface area contributed by atoms with Crippen LogP contribution in [0.4, 0.5) is 0 Å². The summed E-state index contributed by atoms with van der Waals surface area (Å²) in [6.07, 6.45) is 10.2. The number of aliphatic imine (C=N–C) groups is 1. The van der Waals surface area contributed by atoms with E-state index in [9.17, 15) is 0 Å². The number of halogens is 1. The van der Waals surface area contributed by atoms with Crippen molar-refractivity contribution in [2.45, 2.75) is 32.2 Å². The van der Waals surface area contributed by atoms with Gasteiger partial charge in [0.1, 0.15) is 6.61 Å². The summed E-state index contributed by atoms with van der Waals surface area (Å²) >= 11 is 0. The van der Waals surface area contributed by atoms with Gasteiger partial charge in [-0.25, -0.2) is 4.99 Å². The number of nitrogens with two attached hydrogens (primary N) is 1. The van der Waals surface area contributed by atoms with Gasteiger partial charge in [-0.1, -0.05) is 24.8 Å². The third-order valence-corrected chi connectivity index (χ3v) is 3.89. The fourth-order valence-electron chi connectivity index (χ4n) is 2.62. The number of rotatable bonds is 5. The minimum atomic E-state index is 0. The number of hydrogen-bond donors (Lipinski definition) is 1. The first kappa shape index (κ1) is 20.4. The zero-order valence-corrected chi connectivity index (χ0v) is 16.5. The maximum Gasteiger partial charge on any atom is 0.191 e. The molecule has 0 radical (unpaired) electrons. The van der Waals surface area contributed by atoms with Crippen LogP contribution in [-0.4, -0.2) is 37.7 Å². The predicted molar refractivity (Wildman–Crippen MR) is 108 cm³/mol. The summed E-state index contributed by atoms with van der Waals surface area (Å²) in [6.45, 7) is 2.71. The molecule has 0 amide bonds. The first-order chi connectivity index (χ1) is 11.2. The molecule has 0 aromatic heterocycles. The van der Waals surface area contributed by atoms with Crippen molar-refractivity contribution in [2.24, 2.45) is 10.7 Å². The third kappa shape index (κ3) is 6.11. The molecule has 1 aromatic rings. The summed E-state index contributed by atoms with van der Waals surface area (Å²) in [7, 11) is 1.60. The molecule has 2 N–H and O–H groups in total. The molecule has 1 aliphatic heterocycles. The van der Waals surface area contributed by atoms with Crippen molar-refractivity contribution in [3.63, 3.8) is 0 Å². The topological polar surface area (TPSA) is 60.1 Å². The van der Waals surface area contributed by atoms with Gasteiger partial charge in [0.05, 0.1) is 13.7 Å². The Bertz CT molecular complexity index is 576. The van der Waals surface area contributed by atoms with E-state index in [1.165, 1.54) is 25.7 Å². The first-order valence-corrected chi connectivity index (χ1v) is 8.02. The van der Waals surface area contributed by atoms with Gasteiger partial charge < -0.3 is 20.1 Å². The number of terminal acetylenes is 1. The summed E-state index contributed by atoms with van der Waals surface area (Å²) in [5, 5.41) is 0. The molecule has 132 valence electrons. The number of hydrogen-bond acceptors (Lipinski definition) is 3. The van der Waals surface area contributed by atoms with Crippen LogP contribution in [0, 0.1) is 12.3 Å². The standard InChI is InChI=1S/C18H25N3O2.HI/c1-3-12-23-17-13-15(8-9-16(17)22-2)14-20-18(19)21-10-6-4-5-7-11-21;/h1,8-9,13H,4-7,10-12,14H2,2H3,(H2,19,20);1H. The minimum Gasteiger partial charge on any atom is -0.493 e. The van der Waals surface area contributed by atoms with E-state index in [1.54, 1.807) is 7.11 Å². The predicted octanol–water partition coefficient (Wildman–Crippen LogP) is 3.02. The zero-order chi connectivity index (χ0) is 16.5. The lowest BCUT2D eigenvalue weighted by molar-refractivity contribution is 0.330. The molecule has 6 heteroatoms. The number of nitrogens with zero attached hydrogens (tertiary/aromatic N) is 2. The Hall–Kier alpha value is -1.62. The second-order valence-corrected chi connectivity index (χ2v) is 5.55. The lowest BCUT2D eigenvalue weighted by Crippen LogP contribution is -2.38. The van der Waals surface area contributed by atoms with Gasteiger partial charge in [0, 0.05) is 13.1 Å². The maximum atomic E-state index is 6.13. The van der Waals surface area contributed by atoms with Crippen molar-refractivity contribution in [3.05, 3.63) is 23.8 Å². The Morgan fingerprint density at radius 3 is 2.58 bits per heavy atom. The summed E-state index contributed by atoms with van der Waals surface area (Å²) in [4.78, 5) is 6.69. The molecule has 5 nitrogen and oxygen atoms in total. The Kier molecular flexibility index (Phi) is 9.38. The zero-order valence-electron chi connectivity index (χ0n) is 14.2. The van der Waals surface area contributed by atoms with Crippen molar-refractivity contribution < 1.29 is 9.47 Å². The molecule has 0 bridgehead atoms. The molecule has 2 rings (SSSR count). The van der Waals surface area contributed by atoms with Crippen LogP contribution in [0.3, 0.4) is 0 Å². The molecule has 24 heavy (non-hydrogen) atoms. The van der Waals surface area contributed by atoms with E-state index in [1.807, 2.05) is 18.2 Å². The van der Waals surface area contributed by atoms with Crippen LogP contribution in [0.1, 0.15) is 31.2 Å². The van der Waals surface area contributed by atoms with E-state index in [0.29, 0.717) is 24.0 Å². The third-order valence-electron chi connectivity index (χ3n) is 3.89. The van der Waals surface area contributed by atoms with E-state index in [0.717, 1.165) is 18.7 Å². The smallest absolute Gasteiger partial charge is 0.191 e. The highest BCUT2D eigenvalue weighted by atomic mass is 127. The van der Waals surface area contributed by atoms with Gasteiger partial charge in [-0.2, -0.15) is 0 Å². The van der Waals surface area contributed by atoms with E-state index in [2.05, 4.69) is 15.8 Å². The SMILES string of the molecule is C#CCOc1cc(CN=C(N)N2CCCCCC2)ccc1OC.I. The van der Waals surface area contributed by atoms with Gasteiger partial charge in [-0.05, 0) is 30.5 Å². The fraction of sp³-hybridized carbons (Fsp3) is 0.500. The largest absolute Gasteiger partial charge is 0.493 e. The van der Waals surface area contributed by atoms with Crippen LogP contribution < -0.4 is 15.2 Å². The van der Waals surface area contributed by atoms with Crippen LogP contribution >= 0.6 is 24.0 Å². The molecular formula is C18H26IN3O2. The average Bonchev–Trinajstić information content (AvgIpc) is 2.87. The molecule has 1 saturated heterocycles. The highest BCUT2D eigenvalue weighted by molar-refractivity contribution is 14.0. The number of methoxy groups -OCH3 is 1. The molecule has 1 aromatic carbocycles. The molecule has 1 fully saturated rings. The quantitative estimate of drug-likeness (QED) is 0.329. The lowest BCUT2D eigenvalue weighted by Gasteiger charge is -2.21. The highest BCUT2D eigenvalue weighted by Crippen LogP contribution is 2.28. The van der Waals surface area contributed by atoms with Crippen LogP contribution in [0.15, 0.2) is 23.2 Å². The molecular weight excluding hydrogens is 417 g/mol. The maximum absolute atomic E-state index is 6.13. The molecule has 0 aliphatic carbocycles. The highest BCUT2D eigenvalue weighted by Gasteiger charge is 2.11. The fourth-order valence-corrected chi connectivity index (χ4v) is 2.62. The van der Waals surface area contributed by atoms with Crippen molar-refractivity contribution in [3.8, 4) is 23.8 Å². The van der Waals surface area contributed by atoms with Gasteiger partial charge in [0.15, 0.2) is 17.5 Å². The Morgan fingerprint density at radius 1 is 1.25 bits per heavy atom. The normalized spacial score (nSPS) is 15.0. The lowest BCUT2D eigenvalue weighted by atomic mass is 10.2. The van der Waals surface area contributed by atoms with Crippen LogP contribution in [-0.2, 0) is 6.54 Å². The van der Waals surface area contributed by atoms with Crippen molar-refractivity contribution in [1.29, 1.82) is 0 Å². The van der Waals surface area contributed by atoms with E-state index >= 15 is 0 Å². The average molecular weight is 443 g/mol. The summed E-state index contributed by atoms with van der Waals surface area (Å²) in [5.74, 6) is 4.37. The van der Waals surface area contributed by atoms with Crippen LogP contribution in [0.5, 0.6) is 11.5 Å². The second kappa shape index (κ2) is 11.0. The first-order valence-electron chi connectivity index (χ1n) is 8.02. The van der Waals surface area contributed by atoms with Gasteiger partial charge in [0.25, 0.3) is 0 Å². The molecule has 0 saturated carbocycles. The minimum absolute atomic E-state index is 0. The van der Waals surface area contributed by atoms with Crippen molar-refractivity contribution in [1.82, 2.24) is 4.90 Å². The van der Waals surface area contributed by atoms with E-state index in [-0.39, 0.29) is 30.6 Å².